The number of aryl methyl sites for hydroxylation is 2. The second-order valence-electron chi connectivity index (χ2n) is 9.38. The number of hydrogen-bond donors (Lipinski definition) is 0. The van der Waals surface area contributed by atoms with Gasteiger partial charge in [0.2, 0.25) is 5.69 Å². The van der Waals surface area contributed by atoms with Gasteiger partial charge in [-0.1, -0.05) is 81.4 Å². The van der Waals surface area contributed by atoms with Gasteiger partial charge in [-0.3, -0.25) is 0 Å². The van der Waals surface area contributed by atoms with Crippen molar-refractivity contribution >= 4 is 5.69 Å². The number of pyridine rings is 1. The Bertz CT molecular complexity index is 1500. The Kier molecular flexibility index (Phi) is 4.88. The third-order valence-corrected chi connectivity index (χ3v) is 5.55. The van der Waals surface area contributed by atoms with E-state index in [0.717, 1.165) is 33.5 Å². The molecule has 2 nitrogen and oxygen atoms in total. The van der Waals surface area contributed by atoms with Crippen LogP contribution in [0.2, 0.25) is 0 Å². The first-order valence-corrected chi connectivity index (χ1v) is 11.0. The Balaban J connectivity index is 1.72. The van der Waals surface area contributed by atoms with E-state index in [1.54, 1.807) is 12.1 Å². The second-order valence-corrected chi connectivity index (χ2v) is 9.38. The molecule has 0 aliphatic carbocycles. The highest BCUT2D eigenvalue weighted by atomic mass is 14.9. The highest BCUT2D eigenvalue weighted by molar-refractivity contribution is 5.74. The van der Waals surface area contributed by atoms with Gasteiger partial charge in [-0.2, -0.15) is 0 Å². The maximum atomic E-state index is 8.58. The fraction of sp³-hybridized carbons (Fsp3) is 0.226. The molecule has 0 amide bonds. The first-order valence-electron chi connectivity index (χ1n) is 13.0. The molecule has 4 aromatic rings. The van der Waals surface area contributed by atoms with Crippen LogP contribution in [0.3, 0.4) is 0 Å². The lowest BCUT2D eigenvalue weighted by atomic mass is 9.87. The van der Waals surface area contributed by atoms with Crippen LogP contribution in [0.4, 0.5) is 5.69 Å². The SMILES string of the molecule is [2H]c1cc(C([2H])([2H])C(C)(C)C)cc([2H])c1-c1ccc(-c2cc[n+](C)c(-c3cc([N+]#[C-])ccc3C)c2)cc1. The fourth-order valence-electron chi connectivity index (χ4n) is 3.86. The molecule has 0 N–H and O–H groups in total. The normalized spacial score (nSPS) is 13.5. The van der Waals surface area contributed by atoms with Crippen LogP contribution in [-0.2, 0) is 13.4 Å². The average Bonchev–Trinajstić information content (AvgIpc) is 2.84. The summed E-state index contributed by atoms with van der Waals surface area (Å²) in [7, 11) is 1.99. The molecule has 0 radical (unpaired) electrons. The summed E-state index contributed by atoms with van der Waals surface area (Å²) >= 11 is 0. The van der Waals surface area contributed by atoms with Crippen molar-refractivity contribution in [2.75, 3.05) is 0 Å². The van der Waals surface area contributed by atoms with Crippen molar-refractivity contribution in [1.82, 2.24) is 0 Å². The molecule has 2 heteroatoms. The average molecular weight is 436 g/mol. The van der Waals surface area contributed by atoms with E-state index >= 15 is 0 Å². The van der Waals surface area contributed by atoms with Crippen LogP contribution < -0.4 is 4.57 Å². The largest absolute Gasteiger partial charge is 0.238 e. The zero-order chi connectivity index (χ0) is 27.1. The van der Waals surface area contributed by atoms with Crippen LogP contribution >= 0.6 is 0 Å². The van der Waals surface area contributed by atoms with Crippen LogP contribution in [0.1, 0.15) is 37.4 Å². The van der Waals surface area contributed by atoms with E-state index in [9.17, 15) is 0 Å². The van der Waals surface area contributed by atoms with E-state index in [-0.39, 0.29) is 12.1 Å². The minimum atomic E-state index is -1.66. The van der Waals surface area contributed by atoms with Gasteiger partial charge in [0.1, 0.15) is 7.05 Å². The van der Waals surface area contributed by atoms with Crippen molar-refractivity contribution in [1.29, 1.82) is 0 Å². The monoisotopic (exact) mass is 435 g/mol. The molecule has 4 rings (SSSR count). The molecule has 0 unspecified atom stereocenters. The maximum absolute atomic E-state index is 8.58. The van der Waals surface area contributed by atoms with E-state index in [4.69, 9.17) is 12.1 Å². The predicted octanol–water partition coefficient (Wildman–Crippen LogP) is 7.96. The highest BCUT2D eigenvalue weighted by Gasteiger charge is 2.15. The van der Waals surface area contributed by atoms with Gasteiger partial charge in [0.25, 0.3) is 0 Å². The molecule has 0 bridgehead atoms. The van der Waals surface area contributed by atoms with Crippen LogP contribution in [0.5, 0.6) is 0 Å². The Labute approximate surface area is 203 Å². The van der Waals surface area contributed by atoms with Crippen molar-refractivity contribution < 1.29 is 10.1 Å². The Morgan fingerprint density at radius 2 is 1.52 bits per heavy atom. The van der Waals surface area contributed by atoms with Gasteiger partial charge in [0.15, 0.2) is 11.9 Å². The summed E-state index contributed by atoms with van der Waals surface area (Å²) in [6.07, 6.45) is 0.350. The lowest BCUT2D eigenvalue weighted by Crippen LogP contribution is -2.30. The van der Waals surface area contributed by atoms with Crippen LogP contribution in [0.25, 0.3) is 38.4 Å². The summed E-state index contributed by atoms with van der Waals surface area (Å²) < 4.78 is 36.3. The van der Waals surface area contributed by atoms with E-state index in [1.807, 2.05) is 94.0 Å². The van der Waals surface area contributed by atoms with E-state index in [1.165, 1.54) is 0 Å². The Hall–Kier alpha value is -3.70. The molecule has 1 heterocycles. The lowest BCUT2D eigenvalue weighted by Gasteiger charge is -2.18. The number of rotatable bonds is 4. The third kappa shape index (κ3) is 5.21. The molecule has 0 spiro atoms. The fourth-order valence-corrected chi connectivity index (χ4v) is 3.86. The van der Waals surface area contributed by atoms with Gasteiger partial charge in [-0.25, -0.2) is 9.41 Å². The molecule has 0 saturated heterocycles. The van der Waals surface area contributed by atoms with Gasteiger partial charge < -0.3 is 0 Å². The topological polar surface area (TPSA) is 8.24 Å². The highest BCUT2D eigenvalue weighted by Crippen LogP contribution is 2.30. The summed E-state index contributed by atoms with van der Waals surface area (Å²) in [5.74, 6) is 0. The summed E-state index contributed by atoms with van der Waals surface area (Å²) in [6.45, 7) is 14.9. The molecule has 33 heavy (non-hydrogen) atoms. The molecule has 1 aromatic heterocycles. The van der Waals surface area contributed by atoms with Crippen LogP contribution in [0.15, 0.2) is 85.0 Å². The number of aromatic nitrogens is 1. The van der Waals surface area contributed by atoms with Crippen molar-refractivity contribution in [3.05, 3.63) is 108 Å². The first-order chi connectivity index (χ1) is 17.3. The van der Waals surface area contributed by atoms with E-state index in [0.29, 0.717) is 16.8 Å². The maximum Gasteiger partial charge on any atom is 0.211 e. The second kappa shape index (κ2) is 9.04. The van der Waals surface area contributed by atoms with E-state index < -0.39 is 11.8 Å². The van der Waals surface area contributed by atoms with Gasteiger partial charge in [-0.15, -0.1) is 0 Å². The summed E-state index contributed by atoms with van der Waals surface area (Å²) in [6, 6.07) is 21.1. The minimum absolute atomic E-state index is 0.146. The molecule has 0 aliphatic heterocycles. The molecular formula is C31H31N2+. The Morgan fingerprint density at radius 3 is 2.12 bits per heavy atom. The van der Waals surface area contributed by atoms with Crippen LogP contribution in [-0.4, -0.2) is 0 Å². The van der Waals surface area contributed by atoms with E-state index in [2.05, 4.69) is 10.9 Å². The van der Waals surface area contributed by atoms with Gasteiger partial charge in [-0.05, 0) is 58.2 Å². The number of benzene rings is 3. The number of hydrogen-bond acceptors (Lipinski definition) is 0. The van der Waals surface area contributed by atoms with Crippen LogP contribution in [0, 0.1) is 18.9 Å². The van der Waals surface area contributed by atoms with Gasteiger partial charge >= 0.3 is 0 Å². The minimum Gasteiger partial charge on any atom is -0.238 e. The smallest absolute Gasteiger partial charge is 0.211 e. The molecule has 0 atom stereocenters. The van der Waals surface area contributed by atoms with Crippen molar-refractivity contribution in [2.45, 2.75) is 34.1 Å². The molecular weight excluding hydrogens is 400 g/mol. The Morgan fingerprint density at radius 1 is 0.879 bits per heavy atom. The number of nitrogens with zero attached hydrogens (tertiary/aromatic N) is 2. The molecule has 0 saturated carbocycles. The molecule has 0 aliphatic rings. The first kappa shape index (κ1) is 17.8. The zero-order valence-electron chi connectivity index (χ0n) is 23.8. The molecule has 3 aromatic carbocycles. The van der Waals surface area contributed by atoms with Crippen molar-refractivity contribution in [3.63, 3.8) is 0 Å². The summed E-state index contributed by atoms with van der Waals surface area (Å²) in [5, 5.41) is 0. The van der Waals surface area contributed by atoms with Gasteiger partial charge in [0, 0.05) is 20.4 Å². The van der Waals surface area contributed by atoms with Crippen molar-refractivity contribution in [3.8, 4) is 33.5 Å². The third-order valence-electron chi connectivity index (χ3n) is 5.55. The quantitative estimate of drug-likeness (QED) is 0.227. The molecule has 0 fully saturated rings. The molecule has 164 valence electrons. The predicted molar refractivity (Wildman–Crippen MR) is 138 cm³/mol. The standard InChI is InChI=1S/C31H31N2/c1-22-7-16-28(32-5)20-29(22)30-19-27(17-18-33(30)6)26-14-12-25(13-15-26)24-10-8-23(9-11-24)21-31(2,3)4/h7-20H,21H2,1-4,6H3/q+1/i10D,11D,21D2. The van der Waals surface area contributed by atoms with Crippen molar-refractivity contribution in [2.24, 2.45) is 12.5 Å². The lowest BCUT2D eigenvalue weighted by molar-refractivity contribution is -0.660. The zero-order valence-corrected chi connectivity index (χ0v) is 19.8. The summed E-state index contributed by atoms with van der Waals surface area (Å²) in [4.78, 5) is 3.58. The summed E-state index contributed by atoms with van der Waals surface area (Å²) in [5.41, 5.74) is 6.71. The van der Waals surface area contributed by atoms with Gasteiger partial charge in [0.05, 0.1) is 9.31 Å².